The average Bonchev–Trinajstić information content (AvgIpc) is 2.48. The number of carbonyl (C=O) groups excluding carboxylic acids is 1. The van der Waals surface area contributed by atoms with Crippen molar-refractivity contribution in [3.05, 3.63) is 29.3 Å². The molecule has 1 radical (unpaired) electrons. The SMILES string of the molecule is CCCCC(CC)COC(=O)Cc1c[c]c(O)cc1C(C)(C)C. The van der Waals surface area contributed by atoms with Gasteiger partial charge in [-0.25, -0.2) is 0 Å². The number of esters is 1. The second-order valence-electron chi connectivity index (χ2n) is 7.28. The fourth-order valence-electron chi connectivity index (χ4n) is 2.67. The molecule has 0 bridgehead atoms. The van der Waals surface area contributed by atoms with Gasteiger partial charge in [0, 0.05) is 6.07 Å². The molecule has 0 aliphatic rings. The van der Waals surface area contributed by atoms with Crippen LogP contribution in [0.25, 0.3) is 0 Å². The van der Waals surface area contributed by atoms with E-state index < -0.39 is 0 Å². The molecule has 0 saturated heterocycles. The van der Waals surface area contributed by atoms with Crippen LogP contribution in [-0.4, -0.2) is 17.7 Å². The minimum absolute atomic E-state index is 0.109. The Hall–Kier alpha value is -1.51. The molecule has 1 aromatic carbocycles. The molecule has 1 aromatic rings. The van der Waals surface area contributed by atoms with E-state index in [0.29, 0.717) is 12.5 Å². The van der Waals surface area contributed by atoms with E-state index >= 15 is 0 Å². The van der Waals surface area contributed by atoms with Crippen LogP contribution >= 0.6 is 0 Å². The Morgan fingerprint density at radius 3 is 2.61 bits per heavy atom. The van der Waals surface area contributed by atoms with Gasteiger partial charge in [-0.15, -0.1) is 0 Å². The minimum Gasteiger partial charge on any atom is -0.507 e. The lowest BCUT2D eigenvalue weighted by Gasteiger charge is -2.23. The maximum atomic E-state index is 12.2. The lowest BCUT2D eigenvalue weighted by atomic mass is 9.83. The van der Waals surface area contributed by atoms with E-state index in [1.54, 1.807) is 12.1 Å². The lowest BCUT2D eigenvalue weighted by Crippen LogP contribution is -2.19. The fraction of sp³-hybridized carbons (Fsp3) is 0.650. The van der Waals surface area contributed by atoms with Gasteiger partial charge in [0.15, 0.2) is 0 Å². The van der Waals surface area contributed by atoms with Crippen LogP contribution in [-0.2, 0) is 21.4 Å². The number of phenols is 1. The molecule has 3 nitrogen and oxygen atoms in total. The van der Waals surface area contributed by atoms with Crippen LogP contribution in [0.1, 0.15) is 71.4 Å². The number of carbonyl (C=O) groups is 1. The summed E-state index contributed by atoms with van der Waals surface area (Å²) in [5.41, 5.74) is 1.69. The molecule has 0 heterocycles. The smallest absolute Gasteiger partial charge is 0.310 e. The number of aromatic hydroxyl groups is 1. The highest BCUT2D eigenvalue weighted by Crippen LogP contribution is 2.29. The third-order valence-corrected chi connectivity index (χ3v) is 4.19. The van der Waals surface area contributed by atoms with E-state index in [0.717, 1.165) is 24.0 Å². The molecule has 0 amide bonds. The van der Waals surface area contributed by atoms with Crippen LogP contribution in [0.3, 0.4) is 0 Å². The first-order chi connectivity index (χ1) is 10.8. The molecule has 0 saturated carbocycles. The molecular weight excluding hydrogens is 288 g/mol. The fourth-order valence-corrected chi connectivity index (χ4v) is 2.67. The van der Waals surface area contributed by atoms with Gasteiger partial charge < -0.3 is 9.84 Å². The van der Waals surface area contributed by atoms with E-state index in [1.807, 2.05) is 0 Å². The van der Waals surface area contributed by atoms with Crippen LogP contribution < -0.4 is 0 Å². The first-order valence-electron chi connectivity index (χ1n) is 8.67. The van der Waals surface area contributed by atoms with Gasteiger partial charge in [-0.1, -0.05) is 53.9 Å². The summed E-state index contributed by atoms with van der Waals surface area (Å²) in [6.45, 7) is 11.0. The van der Waals surface area contributed by atoms with Crippen molar-refractivity contribution in [2.75, 3.05) is 6.61 Å². The van der Waals surface area contributed by atoms with Crippen molar-refractivity contribution in [3.8, 4) is 5.75 Å². The van der Waals surface area contributed by atoms with Crippen molar-refractivity contribution in [1.29, 1.82) is 0 Å². The summed E-state index contributed by atoms with van der Waals surface area (Å²) in [5, 5.41) is 9.65. The second-order valence-corrected chi connectivity index (χ2v) is 7.28. The van der Waals surface area contributed by atoms with Gasteiger partial charge in [0.1, 0.15) is 5.75 Å². The molecule has 0 aliphatic heterocycles. The molecule has 0 spiro atoms. The number of ether oxygens (including phenoxy) is 1. The van der Waals surface area contributed by atoms with Crippen LogP contribution in [0.2, 0.25) is 0 Å². The summed E-state index contributed by atoms with van der Waals surface area (Å²) >= 11 is 0. The molecule has 1 rings (SSSR count). The van der Waals surface area contributed by atoms with Crippen molar-refractivity contribution >= 4 is 5.97 Å². The zero-order valence-electron chi connectivity index (χ0n) is 15.2. The highest BCUT2D eigenvalue weighted by molar-refractivity contribution is 5.73. The van der Waals surface area contributed by atoms with Gasteiger partial charge in [-0.2, -0.15) is 0 Å². The first kappa shape index (κ1) is 19.5. The van der Waals surface area contributed by atoms with Crippen molar-refractivity contribution in [2.24, 2.45) is 5.92 Å². The molecule has 1 unspecified atom stereocenters. The van der Waals surface area contributed by atoms with Gasteiger partial charge in [-0.05, 0) is 41.0 Å². The van der Waals surface area contributed by atoms with Crippen molar-refractivity contribution in [1.82, 2.24) is 0 Å². The predicted molar refractivity (Wildman–Crippen MR) is 93.6 cm³/mol. The largest absolute Gasteiger partial charge is 0.507 e. The zero-order valence-corrected chi connectivity index (χ0v) is 15.2. The Morgan fingerprint density at radius 1 is 1.35 bits per heavy atom. The van der Waals surface area contributed by atoms with Crippen LogP contribution in [0.5, 0.6) is 5.75 Å². The summed E-state index contributed by atoms with van der Waals surface area (Å²) < 4.78 is 5.48. The Morgan fingerprint density at radius 2 is 2.04 bits per heavy atom. The van der Waals surface area contributed by atoms with Crippen molar-refractivity contribution in [3.63, 3.8) is 0 Å². The number of unbranched alkanes of at least 4 members (excludes halogenated alkanes) is 1. The maximum absolute atomic E-state index is 12.2. The molecule has 129 valence electrons. The Labute approximate surface area is 141 Å². The van der Waals surface area contributed by atoms with Gasteiger partial charge in [0.2, 0.25) is 0 Å². The second kappa shape index (κ2) is 8.95. The third kappa shape index (κ3) is 6.64. The van der Waals surface area contributed by atoms with Crippen molar-refractivity contribution in [2.45, 2.75) is 72.1 Å². The molecule has 0 fully saturated rings. The normalized spacial score (nSPS) is 12.9. The Kier molecular flexibility index (Phi) is 7.60. The van der Waals surface area contributed by atoms with Gasteiger partial charge in [-0.3, -0.25) is 4.79 Å². The Bertz CT molecular complexity index is 500. The molecule has 0 aromatic heterocycles. The molecule has 23 heavy (non-hydrogen) atoms. The van der Waals surface area contributed by atoms with Gasteiger partial charge in [0.05, 0.1) is 13.0 Å². The number of hydrogen-bond donors (Lipinski definition) is 1. The van der Waals surface area contributed by atoms with E-state index in [1.165, 1.54) is 12.8 Å². The van der Waals surface area contributed by atoms with E-state index in [-0.39, 0.29) is 23.6 Å². The van der Waals surface area contributed by atoms with Gasteiger partial charge >= 0.3 is 5.97 Å². The standard InChI is InChI=1S/C20H31O3/c1-6-8-9-15(7-2)14-23-19(22)12-16-10-11-17(21)13-18(16)20(3,4)5/h10,13,15,21H,6-9,12,14H2,1-5H3. The summed E-state index contributed by atoms with van der Waals surface area (Å²) in [6, 6.07) is 6.16. The summed E-state index contributed by atoms with van der Waals surface area (Å²) in [7, 11) is 0. The van der Waals surface area contributed by atoms with E-state index in [9.17, 15) is 9.90 Å². The third-order valence-electron chi connectivity index (χ3n) is 4.19. The molecule has 0 aliphatic carbocycles. The average molecular weight is 319 g/mol. The monoisotopic (exact) mass is 319 g/mol. The molecule has 3 heteroatoms. The number of hydrogen-bond acceptors (Lipinski definition) is 3. The van der Waals surface area contributed by atoms with Crippen LogP contribution in [0.15, 0.2) is 12.1 Å². The van der Waals surface area contributed by atoms with Crippen LogP contribution in [0.4, 0.5) is 0 Å². The van der Waals surface area contributed by atoms with Crippen LogP contribution in [0, 0.1) is 12.0 Å². The first-order valence-corrected chi connectivity index (χ1v) is 8.67. The van der Waals surface area contributed by atoms with Gasteiger partial charge in [0.25, 0.3) is 0 Å². The lowest BCUT2D eigenvalue weighted by molar-refractivity contribution is -0.144. The minimum atomic E-state index is -0.204. The molecule has 1 atom stereocenters. The predicted octanol–water partition coefficient (Wildman–Crippen LogP) is 4.79. The number of rotatable bonds is 8. The van der Waals surface area contributed by atoms with E-state index in [4.69, 9.17) is 4.74 Å². The Balaban J connectivity index is 2.67. The molecular formula is C20H31O3. The highest BCUT2D eigenvalue weighted by atomic mass is 16.5. The number of phenolic OH excluding ortho intramolecular Hbond substituents is 1. The molecule has 1 N–H and O–H groups in total. The maximum Gasteiger partial charge on any atom is 0.310 e. The topological polar surface area (TPSA) is 46.5 Å². The number of benzene rings is 1. The summed E-state index contributed by atoms with van der Waals surface area (Å²) in [5.74, 6) is 0.356. The van der Waals surface area contributed by atoms with E-state index in [2.05, 4.69) is 40.7 Å². The van der Waals surface area contributed by atoms with Crippen molar-refractivity contribution < 1.29 is 14.6 Å². The highest BCUT2D eigenvalue weighted by Gasteiger charge is 2.21. The summed E-state index contributed by atoms with van der Waals surface area (Å²) in [6.07, 6.45) is 4.72. The zero-order chi connectivity index (χ0) is 17.5. The summed E-state index contributed by atoms with van der Waals surface area (Å²) in [4.78, 5) is 12.2. The quantitative estimate of drug-likeness (QED) is 0.701.